The lowest BCUT2D eigenvalue weighted by Gasteiger charge is -2.00. The third kappa shape index (κ3) is 2.52. The van der Waals surface area contributed by atoms with E-state index >= 15 is 0 Å². The fraction of sp³-hybridized carbons (Fsp3) is 0.0833. The van der Waals surface area contributed by atoms with Gasteiger partial charge in [-0.25, -0.2) is 4.98 Å². The first-order chi connectivity index (χ1) is 8.22. The van der Waals surface area contributed by atoms with Crippen LogP contribution in [0.2, 0.25) is 0 Å². The van der Waals surface area contributed by atoms with Gasteiger partial charge in [-0.05, 0) is 24.6 Å². The van der Waals surface area contributed by atoms with Gasteiger partial charge < -0.3 is 0 Å². The van der Waals surface area contributed by atoms with Gasteiger partial charge in [0.15, 0.2) is 0 Å². The van der Waals surface area contributed by atoms with Crippen molar-refractivity contribution in [3.05, 3.63) is 46.2 Å². The van der Waals surface area contributed by atoms with Crippen LogP contribution in [0.15, 0.2) is 29.9 Å². The minimum atomic E-state index is 0.378. The second kappa shape index (κ2) is 5.09. The molecule has 0 unspecified atom stereocenters. The lowest BCUT2D eigenvalue weighted by atomic mass is 10.1. The minimum Gasteiger partial charge on any atom is -0.265 e. The molecule has 0 spiro atoms. The largest absolute Gasteiger partial charge is 0.265 e. The second-order valence-corrected chi connectivity index (χ2v) is 4.73. The van der Waals surface area contributed by atoms with Crippen molar-refractivity contribution < 1.29 is 0 Å². The number of thiazole rings is 1. The minimum absolute atomic E-state index is 0.378. The molecule has 2 aromatic rings. The zero-order valence-electron chi connectivity index (χ0n) is 9.01. The van der Waals surface area contributed by atoms with E-state index in [-0.39, 0.29) is 0 Å². The number of aromatic nitrogens is 2. The van der Waals surface area contributed by atoms with Crippen molar-refractivity contribution in [2.24, 2.45) is 0 Å². The Labute approximate surface area is 108 Å². The van der Waals surface area contributed by atoms with Crippen LogP contribution in [0.25, 0.3) is 10.6 Å². The average Bonchev–Trinajstić information content (AvgIpc) is 2.78. The van der Waals surface area contributed by atoms with Gasteiger partial charge in [-0.1, -0.05) is 11.6 Å². The van der Waals surface area contributed by atoms with Gasteiger partial charge in [0, 0.05) is 17.8 Å². The van der Waals surface area contributed by atoms with E-state index in [1.54, 1.807) is 24.5 Å². The van der Waals surface area contributed by atoms with Crippen LogP contribution in [0.5, 0.6) is 0 Å². The number of allylic oxidation sites excluding steroid dienone is 1. The SMILES string of the molecule is Cc1nc(/C(Cl)=C(/C#N)c2ccncc2)cs1. The normalized spacial score (nSPS) is 11.8. The van der Waals surface area contributed by atoms with Crippen molar-refractivity contribution in [3.63, 3.8) is 0 Å². The molecular formula is C12H8ClN3S. The maximum Gasteiger partial charge on any atom is 0.101 e. The molecule has 0 N–H and O–H groups in total. The zero-order valence-corrected chi connectivity index (χ0v) is 10.6. The average molecular weight is 262 g/mol. The summed E-state index contributed by atoms with van der Waals surface area (Å²) in [6.45, 7) is 1.90. The highest BCUT2D eigenvalue weighted by molar-refractivity contribution is 7.09. The van der Waals surface area contributed by atoms with E-state index in [9.17, 15) is 5.26 Å². The van der Waals surface area contributed by atoms with Crippen LogP contribution in [0, 0.1) is 18.3 Å². The van der Waals surface area contributed by atoms with Gasteiger partial charge in [0.25, 0.3) is 0 Å². The Hall–Kier alpha value is -1.70. The standard InChI is InChI=1S/C12H8ClN3S/c1-8-16-11(7-17-8)12(13)10(6-14)9-2-4-15-5-3-9/h2-5,7H,1H3/b12-10+. The molecule has 2 rings (SSSR count). The van der Waals surface area contributed by atoms with Gasteiger partial charge in [0.05, 0.1) is 21.3 Å². The van der Waals surface area contributed by atoms with Gasteiger partial charge in [-0.15, -0.1) is 11.3 Å². The van der Waals surface area contributed by atoms with Crippen LogP contribution >= 0.6 is 22.9 Å². The topological polar surface area (TPSA) is 49.6 Å². The molecule has 0 amide bonds. The van der Waals surface area contributed by atoms with Crippen LogP contribution in [-0.4, -0.2) is 9.97 Å². The molecular weight excluding hydrogens is 254 g/mol. The van der Waals surface area contributed by atoms with Gasteiger partial charge in [0.1, 0.15) is 6.07 Å². The third-order valence-electron chi connectivity index (χ3n) is 2.14. The Kier molecular flexibility index (Phi) is 3.52. The van der Waals surface area contributed by atoms with Crippen molar-refractivity contribution in [3.8, 4) is 6.07 Å². The Balaban J connectivity index is 2.52. The molecule has 17 heavy (non-hydrogen) atoms. The van der Waals surface area contributed by atoms with E-state index in [1.165, 1.54) is 11.3 Å². The van der Waals surface area contributed by atoms with Gasteiger partial charge in [0.2, 0.25) is 0 Å². The Morgan fingerprint density at radius 1 is 1.41 bits per heavy atom. The van der Waals surface area contributed by atoms with E-state index in [4.69, 9.17) is 11.6 Å². The number of aryl methyl sites for hydroxylation is 1. The lowest BCUT2D eigenvalue weighted by molar-refractivity contribution is 1.27. The van der Waals surface area contributed by atoms with Crippen LogP contribution < -0.4 is 0 Å². The molecule has 0 saturated heterocycles. The maximum atomic E-state index is 9.18. The predicted octanol–water partition coefficient (Wildman–Crippen LogP) is 3.48. The number of nitriles is 1. The molecule has 0 bridgehead atoms. The number of halogens is 1. The third-order valence-corrected chi connectivity index (χ3v) is 3.30. The first-order valence-corrected chi connectivity index (χ1v) is 6.11. The highest BCUT2D eigenvalue weighted by Gasteiger charge is 2.11. The van der Waals surface area contributed by atoms with Gasteiger partial charge in [-0.3, -0.25) is 4.98 Å². The van der Waals surface area contributed by atoms with Crippen molar-refractivity contribution in [2.45, 2.75) is 6.92 Å². The molecule has 84 valence electrons. The summed E-state index contributed by atoms with van der Waals surface area (Å²) in [5, 5.41) is 12.3. The summed E-state index contributed by atoms with van der Waals surface area (Å²) in [7, 11) is 0. The number of nitrogens with zero attached hydrogens (tertiary/aromatic N) is 3. The molecule has 0 aromatic carbocycles. The molecule has 3 nitrogen and oxygen atoms in total. The predicted molar refractivity (Wildman–Crippen MR) is 69.4 cm³/mol. The molecule has 2 heterocycles. The van der Waals surface area contributed by atoms with Crippen molar-refractivity contribution in [1.29, 1.82) is 5.26 Å². The first kappa shape index (κ1) is 11.8. The quantitative estimate of drug-likeness (QED) is 0.778. The Morgan fingerprint density at radius 3 is 2.65 bits per heavy atom. The highest BCUT2D eigenvalue weighted by atomic mass is 35.5. The van der Waals surface area contributed by atoms with E-state index in [1.807, 2.05) is 12.3 Å². The summed E-state index contributed by atoms with van der Waals surface area (Å²) < 4.78 is 0. The first-order valence-electron chi connectivity index (χ1n) is 4.85. The summed E-state index contributed by atoms with van der Waals surface area (Å²) in [6, 6.07) is 5.61. The fourth-order valence-electron chi connectivity index (χ4n) is 1.35. The van der Waals surface area contributed by atoms with Crippen LogP contribution in [0.3, 0.4) is 0 Å². The Bertz CT molecular complexity index is 596. The molecule has 0 fully saturated rings. The molecule has 0 aliphatic carbocycles. The van der Waals surface area contributed by atoms with Crippen molar-refractivity contribution >= 4 is 33.5 Å². The molecule has 0 aliphatic rings. The van der Waals surface area contributed by atoms with Crippen LogP contribution in [0.1, 0.15) is 16.3 Å². The number of hydrogen-bond acceptors (Lipinski definition) is 4. The number of pyridine rings is 1. The van der Waals surface area contributed by atoms with E-state index < -0.39 is 0 Å². The summed E-state index contributed by atoms with van der Waals surface area (Å²) >= 11 is 7.71. The number of hydrogen-bond donors (Lipinski definition) is 0. The molecule has 0 atom stereocenters. The molecule has 5 heteroatoms. The number of rotatable bonds is 2. The second-order valence-electron chi connectivity index (χ2n) is 3.29. The summed E-state index contributed by atoms with van der Waals surface area (Å²) in [4.78, 5) is 8.18. The highest BCUT2D eigenvalue weighted by Crippen LogP contribution is 2.29. The van der Waals surface area contributed by atoms with Crippen molar-refractivity contribution in [2.75, 3.05) is 0 Å². The summed E-state index contributed by atoms with van der Waals surface area (Å²) in [6.07, 6.45) is 3.26. The van der Waals surface area contributed by atoms with Crippen LogP contribution in [-0.2, 0) is 0 Å². The lowest BCUT2D eigenvalue weighted by Crippen LogP contribution is -1.87. The van der Waals surface area contributed by atoms with Crippen molar-refractivity contribution in [1.82, 2.24) is 9.97 Å². The summed E-state index contributed by atoms with van der Waals surface area (Å²) in [5.41, 5.74) is 1.81. The smallest absolute Gasteiger partial charge is 0.101 e. The van der Waals surface area contributed by atoms with E-state index in [0.717, 1.165) is 10.6 Å². The van der Waals surface area contributed by atoms with Gasteiger partial charge >= 0.3 is 0 Å². The molecule has 2 aromatic heterocycles. The fourth-order valence-corrected chi connectivity index (χ4v) is 2.27. The zero-order chi connectivity index (χ0) is 12.3. The van der Waals surface area contributed by atoms with E-state index in [2.05, 4.69) is 16.0 Å². The summed E-state index contributed by atoms with van der Waals surface area (Å²) in [5.74, 6) is 0. The van der Waals surface area contributed by atoms with E-state index in [0.29, 0.717) is 16.3 Å². The monoisotopic (exact) mass is 261 g/mol. The van der Waals surface area contributed by atoms with Crippen LogP contribution in [0.4, 0.5) is 0 Å². The molecule has 0 aliphatic heterocycles. The maximum absolute atomic E-state index is 9.18. The molecule has 0 radical (unpaired) electrons. The molecule has 0 saturated carbocycles. The van der Waals surface area contributed by atoms with Gasteiger partial charge in [-0.2, -0.15) is 5.26 Å². The Morgan fingerprint density at radius 2 is 2.12 bits per heavy atom.